The van der Waals surface area contributed by atoms with Gasteiger partial charge >= 0.3 is 0 Å². The summed E-state index contributed by atoms with van der Waals surface area (Å²) in [7, 11) is 0. The summed E-state index contributed by atoms with van der Waals surface area (Å²) in [5.41, 5.74) is 1.05. The lowest BCUT2D eigenvalue weighted by Gasteiger charge is -2.51. The molecule has 0 saturated carbocycles. The number of thiocarbonyl (C=S) groups is 1. The summed E-state index contributed by atoms with van der Waals surface area (Å²) < 4.78 is 0. The van der Waals surface area contributed by atoms with Crippen molar-refractivity contribution in [2.24, 2.45) is 11.8 Å². The topological polar surface area (TPSA) is 30.5 Å². The van der Waals surface area contributed by atoms with Gasteiger partial charge in [0.05, 0.1) is 0 Å². The third-order valence-electron chi connectivity index (χ3n) is 6.49. The molecule has 1 aromatic rings. The number of hydrogen-bond acceptors (Lipinski definition) is 3. The highest BCUT2D eigenvalue weighted by atomic mass is 32.1. The van der Waals surface area contributed by atoms with Gasteiger partial charge in [-0.25, -0.2) is 0 Å². The summed E-state index contributed by atoms with van der Waals surface area (Å²) in [6.07, 6.45) is 6.96. The van der Waals surface area contributed by atoms with E-state index in [1.165, 1.54) is 64.8 Å². The Balaban J connectivity index is 1.23. The molecule has 0 amide bonds. The molecule has 0 aliphatic carbocycles. The molecule has 5 rings (SSSR count). The van der Waals surface area contributed by atoms with Crippen LogP contribution < -0.4 is 10.6 Å². The van der Waals surface area contributed by atoms with Gasteiger partial charge in [0.2, 0.25) is 0 Å². The number of benzene rings is 1. The van der Waals surface area contributed by atoms with Crippen LogP contribution in [0.5, 0.6) is 0 Å². The Bertz CT molecular complexity index is 587. The van der Waals surface area contributed by atoms with E-state index in [2.05, 4.69) is 20.4 Å². The standard InChI is InChI=1S/C21H32N4S/c26-21(23-19-7-3-1-4-8-19)22-14-20-13-17-9-12-25(20)16-18(17)15-24-10-5-2-6-11-24/h1,3-4,7-8,17-18,20H,2,5-6,9-16H2,(H2,22,23,26)/t17-,18+,20+/m1/s1. The number of fused-ring (bicyclic) bond motifs is 3. The molecule has 4 heterocycles. The van der Waals surface area contributed by atoms with Crippen molar-refractivity contribution in [3.05, 3.63) is 30.3 Å². The fourth-order valence-corrected chi connectivity index (χ4v) is 5.25. The molecule has 4 atom stereocenters. The molecular formula is C21H32N4S. The maximum Gasteiger partial charge on any atom is 0.170 e. The van der Waals surface area contributed by atoms with Crippen LogP contribution in [0.15, 0.2) is 30.3 Å². The number of nitrogens with zero attached hydrogens (tertiary/aromatic N) is 2. The Morgan fingerprint density at radius 3 is 2.62 bits per heavy atom. The van der Waals surface area contributed by atoms with Gasteiger partial charge in [-0.05, 0) is 81.5 Å². The monoisotopic (exact) mass is 372 g/mol. The lowest BCUT2D eigenvalue weighted by Crippen LogP contribution is -2.58. The van der Waals surface area contributed by atoms with Gasteiger partial charge in [-0.1, -0.05) is 24.6 Å². The molecule has 4 aliphatic rings. The third kappa shape index (κ3) is 4.56. The van der Waals surface area contributed by atoms with Crippen LogP contribution in [0.2, 0.25) is 0 Å². The molecule has 1 unspecified atom stereocenters. The number of para-hydroxylation sites is 1. The SMILES string of the molecule is S=C(NC[C@@H]1C[C@H]2CCN1C[C@@H]2CN1CCCCC1)Nc1ccccc1. The van der Waals surface area contributed by atoms with E-state index in [1.54, 1.807) is 0 Å². The molecule has 4 nitrogen and oxygen atoms in total. The second kappa shape index (κ2) is 8.68. The normalized spacial score (nSPS) is 31.5. The minimum Gasteiger partial charge on any atom is -0.361 e. The van der Waals surface area contributed by atoms with E-state index in [4.69, 9.17) is 12.2 Å². The number of likely N-dealkylation sites (tertiary alicyclic amines) is 1. The molecule has 1 aromatic carbocycles. The first-order valence-electron chi connectivity index (χ1n) is 10.3. The van der Waals surface area contributed by atoms with Crippen molar-refractivity contribution in [1.29, 1.82) is 0 Å². The predicted molar refractivity (Wildman–Crippen MR) is 113 cm³/mol. The van der Waals surface area contributed by atoms with Crippen molar-refractivity contribution in [2.45, 2.75) is 38.1 Å². The van der Waals surface area contributed by atoms with E-state index < -0.39 is 0 Å². The molecule has 0 spiro atoms. The highest BCUT2D eigenvalue weighted by molar-refractivity contribution is 7.80. The van der Waals surface area contributed by atoms with Gasteiger partial charge in [0, 0.05) is 31.4 Å². The van der Waals surface area contributed by atoms with Crippen molar-refractivity contribution >= 4 is 23.0 Å². The molecule has 26 heavy (non-hydrogen) atoms. The lowest BCUT2D eigenvalue weighted by atomic mass is 9.75. The first-order valence-corrected chi connectivity index (χ1v) is 10.7. The van der Waals surface area contributed by atoms with E-state index in [0.717, 1.165) is 29.2 Å². The Labute approximate surface area is 163 Å². The Morgan fingerprint density at radius 1 is 1.08 bits per heavy atom. The van der Waals surface area contributed by atoms with E-state index in [-0.39, 0.29) is 0 Å². The first-order chi connectivity index (χ1) is 12.8. The molecule has 142 valence electrons. The van der Waals surface area contributed by atoms with Crippen LogP contribution in [0, 0.1) is 11.8 Å². The van der Waals surface area contributed by atoms with Crippen LogP contribution >= 0.6 is 12.2 Å². The molecule has 4 aliphatic heterocycles. The molecule has 4 fully saturated rings. The van der Waals surface area contributed by atoms with Crippen molar-refractivity contribution in [2.75, 3.05) is 44.6 Å². The second-order valence-electron chi connectivity index (χ2n) is 8.26. The highest BCUT2D eigenvalue weighted by Crippen LogP contribution is 2.36. The van der Waals surface area contributed by atoms with Crippen molar-refractivity contribution < 1.29 is 0 Å². The minimum absolute atomic E-state index is 0.641. The van der Waals surface area contributed by atoms with Crippen molar-refractivity contribution in [1.82, 2.24) is 15.1 Å². The Morgan fingerprint density at radius 2 is 1.88 bits per heavy atom. The van der Waals surface area contributed by atoms with Crippen LogP contribution in [0.25, 0.3) is 0 Å². The first kappa shape index (κ1) is 18.2. The molecule has 0 aromatic heterocycles. The number of rotatable bonds is 5. The summed E-state index contributed by atoms with van der Waals surface area (Å²) in [5.74, 6) is 1.79. The van der Waals surface area contributed by atoms with E-state index in [1.807, 2.05) is 30.3 Å². The number of hydrogen-bond donors (Lipinski definition) is 2. The fourth-order valence-electron chi connectivity index (χ4n) is 5.05. The minimum atomic E-state index is 0.641. The van der Waals surface area contributed by atoms with E-state index in [9.17, 15) is 0 Å². The average molecular weight is 373 g/mol. The van der Waals surface area contributed by atoms with Crippen LogP contribution in [0.1, 0.15) is 32.1 Å². The van der Waals surface area contributed by atoms with Crippen LogP contribution in [-0.4, -0.2) is 60.2 Å². The summed E-state index contributed by atoms with van der Waals surface area (Å²) in [4.78, 5) is 5.44. The molecule has 5 heteroatoms. The lowest BCUT2D eigenvalue weighted by molar-refractivity contribution is -0.0124. The summed E-state index contributed by atoms with van der Waals surface area (Å²) in [6.45, 7) is 7.50. The molecule has 2 bridgehead atoms. The van der Waals surface area contributed by atoms with Crippen molar-refractivity contribution in [3.63, 3.8) is 0 Å². The zero-order valence-electron chi connectivity index (χ0n) is 15.7. The maximum atomic E-state index is 5.47. The molecule has 2 N–H and O–H groups in total. The van der Waals surface area contributed by atoms with Gasteiger partial charge in [-0.3, -0.25) is 4.90 Å². The van der Waals surface area contributed by atoms with Crippen molar-refractivity contribution in [3.8, 4) is 0 Å². The van der Waals surface area contributed by atoms with Crippen LogP contribution in [0.3, 0.4) is 0 Å². The predicted octanol–water partition coefficient (Wildman–Crippen LogP) is 3.17. The smallest absolute Gasteiger partial charge is 0.170 e. The Kier molecular flexibility index (Phi) is 6.08. The van der Waals surface area contributed by atoms with Gasteiger partial charge in [0.15, 0.2) is 5.11 Å². The Hall–Kier alpha value is -1.17. The molecular weight excluding hydrogens is 340 g/mol. The van der Waals surface area contributed by atoms with Gasteiger partial charge < -0.3 is 15.5 Å². The third-order valence-corrected chi connectivity index (χ3v) is 6.73. The van der Waals surface area contributed by atoms with Gasteiger partial charge in [-0.2, -0.15) is 0 Å². The zero-order valence-corrected chi connectivity index (χ0v) is 16.5. The molecule has 4 saturated heterocycles. The van der Waals surface area contributed by atoms with Crippen LogP contribution in [0.4, 0.5) is 5.69 Å². The quantitative estimate of drug-likeness (QED) is 0.776. The fraction of sp³-hybridized carbons (Fsp3) is 0.667. The number of piperidine rings is 4. The zero-order chi connectivity index (χ0) is 17.8. The van der Waals surface area contributed by atoms with Gasteiger partial charge in [0.1, 0.15) is 0 Å². The highest BCUT2D eigenvalue weighted by Gasteiger charge is 2.40. The van der Waals surface area contributed by atoms with Gasteiger partial charge in [-0.15, -0.1) is 0 Å². The van der Waals surface area contributed by atoms with E-state index >= 15 is 0 Å². The van der Waals surface area contributed by atoms with Crippen LogP contribution in [-0.2, 0) is 0 Å². The van der Waals surface area contributed by atoms with Gasteiger partial charge in [0.25, 0.3) is 0 Å². The summed E-state index contributed by atoms with van der Waals surface area (Å²) in [5, 5.41) is 7.47. The summed E-state index contributed by atoms with van der Waals surface area (Å²) in [6, 6.07) is 10.8. The number of anilines is 1. The number of nitrogens with one attached hydrogen (secondary N) is 2. The summed E-state index contributed by atoms with van der Waals surface area (Å²) >= 11 is 5.47. The average Bonchev–Trinajstić information content (AvgIpc) is 2.69. The second-order valence-corrected chi connectivity index (χ2v) is 8.66. The maximum absolute atomic E-state index is 5.47. The largest absolute Gasteiger partial charge is 0.361 e. The van der Waals surface area contributed by atoms with E-state index in [0.29, 0.717) is 6.04 Å². The molecule has 0 radical (unpaired) electrons.